The molecule has 3 atom stereocenters. The molecule has 2 unspecified atom stereocenters. The van der Waals surface area contributed by atoms with Crippen molar-refractivity contribution in [1.29, 1.82) is 5.26 Å². The van der Waals surface area contributed by atoms with Crippen molar-refractivity contribution in [2.24, 2.45) is 11.3 Å². The van der Waals surface area contributed by atoms with Crippen LogP contribution in [0.25, 0.3) is 10.9 Å². The minimum atomic E-state index is -0.787. The van der Waals surface area contributed by atoms with Crippen molar-refractivity contribution < 1.29 is 14.4 Å². The van der Waals surface area contributed by atoms with E-state index in [4.69, 9.17) is 23.2 Å². The van der Waals surface area contributed by atoms with Crippen LogP contribution < -0.4 is 10.6 Å². The summed E-state index contributed by atoms with van der Waals surface area (Å²) in [4.78, 5) is 43.5. The van der Waals surface area contributed by atoms with Crippen molar-refractivity contribution >= 4 is 51.8 Å². The fourth-order valence-corrected chi connectivity index (χ4v) is 5.90. The third kappa shape index (κ3) is 4.01. The molecule has 2 aliphatic heterocycles. The maximum Gasteiger partial charge on any atom is 0.271 e. The molecule has 10 heteroatoms. The summed E-state index contributed by atoms with van der Waals surface area (Å²) in [7, 11) is 0. The molecule has 178 valence electrons. The highest BCUT2D eigenvalue weighted by Gasteiger charge is 2.52. The van der Waals surface area contributed by atoms with Gasteiger partial charge in [-0.25, -0.2) is 0 Å². The molecule has 3 heterocycles. The average molecular weight is 502 g/mol. The second-order valence-electron chi connectivity index (χ2n) is 9.72. The Labute approximate surface area is 206 Å². The van der Waals surface area contributed by atoms with Gasteiger partial charge in [0.05, 0.1) is 21.6 Å². The molecule has 5 rings (SSSR count). The number of nitriles is 1. The van der Waals surface area contributed by atoms with Crippen molar-refractivity contribution in [2.75, 3.05) is 13.1 Å². The summed E-state index contributed by atoms with van der Waals surface area (Å²) in [6.07, 6.45) is 4.50. The summed E-state index contributed by atoms with van der Waals surface area (Å²) < 4.78 is 0. The first-order valence-corrected chi connectivity index (χ1v) is 12.3. The summed E-state index contributed by atoms with van der Waals surface area (Å²) in [5.74, 6) is -0.999. The highest BCUT2D eigenvalue weighted by atomic mass is 35.5. The van der Waals surface area contributed by atoms with Gasteiger partial charge in [-0.05, 0) is 49.7 Å². The van der Waals surface area contributed by atoms with E-state index in [0.717, 1.165) is 24.6 Å². The Balaban J connectivity index is 1.36. The lowest BCUT2D eigenvalue weighted by Crippen LogP contribution is -2.49. The van der Waals surface area contributed by atoms with E-state index < -0.39 is 12.1 Å². The van der Waals surface area contributed by atoms with Gasteiger partial charge >= 0.3 is 0 Å². The van der Waals surface area contributed by atoms with Crippen LogP contribution in [-0.2, 0) is 9.59 Å². The van der Waals surface area contributed by atoms with E-state index in [2.05, 4.69) is 21.7 Å². The lowest BCUT2D eigenvalue weighted by molar-refractivity contribution is -0.126. The predicted octanol–water partition coefficient (Wildman–Crippen LogP) is 3.39. The fraction of sp³-hybridized carbons (Fsp3) is 0.500. The zero-order chi connectivity index (χ0) is 24.0. The Bertz CT molecular complexity index is 1220. The second kappa shape index (κ2) is 8.79. The third-order valence-electron chi connectivity index (χ3n) is 7.56. The molecule has 3 N–H and O–H groups in total. The minimum absolute atomic E-state index is 0.0574. The molecule has 3 fully saturated rings. The van der Waals surface area contributed by atoms with E-state index in [1.165, 1.54) is 0 Å². The highest BCUT2D eigenvalue weighted by Crippen LogP contribution is 2.50. The molecule has 34 heavy (non-hydrogen) atoms. The summed E-state index contributed by atoms with van der Waals surface area (Å²) in [5.41, 5.74) is 0.862. The van der Waals surface area contributed by atoms with Gasteiger partial charge in [0, 0.05) is 24.4 Å². The zero-order valence-electron chi connectivity index (χ0n) is 18.5. The molecule has 1 saturated carbocycles. The number of fused-ring (bicyclic) bond motifs is 1. The molecule has 1 aromatic heterocycles. The number of likely N-dealkylation sites (tertiary alicyclic amines) is 1. The first kappa shape index (κ1) is 23.0. The van der Waals surface area contributed by atoms with E-state index >= 15 is 0 Å². The number of amides is 3. The third-order valence-corrected chi connectivity index (χ3v) is 8.36. The van der Waals surface area contributed by atoms with Crippen molar-refractivity contribution in [1.82, 2.24) is 20.5 Å². The van der Waals surface area contributed by atoms with Gasteiger partial charge in [-0.15, -0.1) is 0 Å². The summed E-state index contributed by atoms with van der Waals surface area (Å²) in [5, 5.41) is 16.7. The van der Waals surface area contributed by atoms with E-state index in [-0.39, 0.29) is 35.5 Å². The van der Waals surface area contributed by atoms with Crippen LogP contribution in [0, 0.1) is 22.7 Å². The quantitative estimate of drug-likeness (QED) is 0.581. The molecule has 1 spiro atoms. The summed E-state index contributed by atoms with van der Waals surface area (Å²) in [6.45, 7) is 1.08. The molecule has 3 aliphatic rings. The Morgan fingerprint density at radius 1 is 1.32 bits per heavy atom. The smallest absolute Gasteiger partial charge is 0.271 e. The Morgan fingerprint density at radius 3 is 2.76 bits per heavy atom. The summed E-state index contributed by atoms with van der Waals surface area (Å²) >= 11 is 12.4. The number of hydrogen-bond donors (Lipinski definition) is 3. The minimum Gasteiger partial charge on any atom is -0.356 e. The van der Waals surface area contributed by atoms with E-state index in [1.807, 2.05) is 0 Å². The topological polar surface area (TPSA) is 118 Å². The maximum absolute atomic E-state index is 13.6. The SMILES string of the molecule is N#C[C@H](CC1CCNC1=O)NC(=O)C1CC2(CCC2)CN1C(=O)c1cc2ccc(Cl)c(Cl)c2[nH]1. The Morgan fingerprint density at radius 2 is 2.12 bits per heavy atom. The van der Waals surface area contributed by atoms with Gasteiger partial charge in [-0.2, -0.15) is 5.26 Å². The fourth-order valence-electron chi connectivity index (χ4n) is 5.52. The van der Waals surface area contributed by atoms with Crippen molar-refractivity contribution in [3.63, 3.8) is 0 Å². The van der Waals surface area contributed by atoms with Crippen LogP contribution in [-0.4, -0.2) is 52.8 Å². The number of halogens is 2. The summed E-state index contributed by atoms with van der Waals surface area (Å²) in [6, 6.07) is 5.83. The molecule has 1 aliphatic carbocycles. The van der Waals surface area contributed by atoms with Crippen molar-refractivity contribution in [3.05, 3.63) is 33.9 Å². The van der Waals surface area contributed by atoms with Crippen molar-refractivity contribution in [2.45, 2.75) is 50.6 Å². The van der Waals surface area contributed by atoms with Crippen LogP contribution in [0.2, 0.25) is 10.0 Å². The standard InChI is InChI=1S/C24H25Cl2N5O3/c25-16-3-2-13-9-17(30-20(13)19(16)26)23(34)31-12-24(5-1-6-24)10-18(31)22(33)29-15(11-27)8-14-4-7-28-21(14)32/h2-3,9,14-15,18,30H,1,4-8,10,12H2,(H,28,32)(H,29,33)/t14?,15-,18?/m0/s1. The number of H-pyrrole nitrogens is 1. The van der Waals surface area contributed by atoms with E-state index in [0.29, 0.717) is 47.2 Å². The molecule has 0 bridgehead atoms. The molecule has 2 aromatic rings. The van der Waals surface area contributed by atoms with E-state index in [1.54, 1.807) is 23.1 Å². The maximum atomic E-state index is 13.6. The number of nitrogens with zero attached hydrogens (tertiary/aromatic N) is 2. The van der Waals surface area contributed by atoms with Gasteiger partial charge in [0.1, 0.15) is 17.8 Å². The molecular formula is C24H25Cl2N5O3. The number of carbonyl (C=O) groups excluding carboxylic acids is 3. The number of carbonyl (C=O) groups is 3. The van der Waals surface area contributed by atoms with Gasteiger partial charge in [0.2, 0.25) is 11.8 Å². The number of aromatic nitrogens is 1. The van der Waals surface area contributed by atoms with Gasteiger partial charge in [0.25, 0.3) is 5.91 Å². The van der Waals surface area contributed by atoms with Crippen LogP contribution in [0.4, 0.5) is 0 Å². The van der Waals surface area contributed by atoms with Crippen LogP contribution in [0.5, 0.6) is 0 Å². The van der Waals surface area contributed by atoms with Crippen molar-refractivity contribution in [3.8, 4) is 6.07 Å². The normalized spacial score (nSPS) is 24.0. The van der Waals surface area contributed by atoms with Crippen LogP contribution in [0.1, 0.15) is 49.0 Å². The lowest BCUT2D eigenvalue weighted by Gasteiger charge is -2.37. The van der Waals surface area contributed by atoms with Crippen LogP contribution in [0.15, 0.2) is 18.2 Å². The van der Waals surface area contributed by atoms with E-state index in [9.17, 15) is 19.6 Å². The van der Waals surface area contributed by atoms with Crippen LogP contribution in [0.3, 0.4) is 0 Å². The number of aromatic amines is 1. The predicted molar refractivity (Wildman–Crippen MR) is 127 cm³/mol. The van der Waals surface area contributed by atoms with Gasteiger partial charge < -0.3 is 20.5 Å². The number of hydrogen-bond acceptors (Lipinski definition) is 4. The lowest BCUT2D eigenvalue weighted by atomic mass is 9.67. The molecule has 2 saturated heterocycles. The Hall–Kier alpha value is -2.76. The molecule has 8 nitrogen and oxygen atoms in total. The Kier molecular flexibility index (Phi) is 5.95. The second-order valence-corrected chi connectivity index (χ2v) is 10.5. The average Bonchev–Trinajstić information content (AvgIpc) is 3.52. The molecular weight excluding hydrogens is 477 g/mol. The van der Waals surface area contributed by atoms with Gasteiger partial charge in [0.15, 0.2) is 0 Å². The first-order valence-electron chi connectivity index (χ1n) is 11.6. The molecule has 1 aromatic carbocycles. The highest BCUT2D eigenvalue weighted by molar-refractivity contribution is 6.45. The van der Waals surface area contributed by atoms with Crippen LogP contribution >= 0.6 is 23.2 Å². The monoisotopic (exact) mass is 501 g/mol. The molecule has 3 amide bonds. The number of benzene rings is 1. The number of rotatable bonds is 5. The zero-order valence-corrected chi connectivity index (χ0v) is 20.0. The van der Waals surface area contributed by atoms with Gasteiger partial charge in [-0.1, -0.05) is 35.7 Å². The van der Waals surface area contributed by atoms with Gasteiger partial charge in [-0.3, -0.25) is 14.4 Å². The largest absolute Gasteiger partial charge is 0.356 e. The number of nitrogens with one attached hydrogen (secondary N) is 3. The first-order chi connectivity index (χ1) is 16.3. The molecule has 0 radical (unpaired) electrons.